The Morgan fingerprint density at radius 2 is 2.12 bits per heavy atom. The van der Waals surface area contributed by atoms with Crippen molar-refractivity contribution in [1.82, 2.24) is 0 Å². The van der Waals surface area contributed by atoms with Crippen molar-refractivity contribution in [3.05, 3.63) is 36.6 Å². The molecule has 1 rings (SSSR count). The van der Waals surface area contributed by atoms with Gasteiger partial charge in [-0.3, -0.25) is 0 Å². The Morgan fingerprint density at radius 1 is 1.35 bits per heavy atom. The van der Waals surface area contributed by atoms with E-state index in [2.05, 4.69) is 26.5 Å². The van der Waals surface area contributed by atoms with Crippen molar-refractivity contribution in [1.29, 1.82) is 0 Å². The van der Waals surface area contributed by atoms with Gasteiger partial charge in [-0.15, -0.1) is 0 Å². The molecule has 0 aromatic heterocycles. The first-order valence-corrected chi connectivity index (χ1v) is 5.76. The second kappa shape index (κ2) is 6.84. The molecule has 0 aliphatic carbocycles. The zero-order valence-electron chi connectivity index (χ0n) is 10.7. The fraction of sp³-hybridized carbons (Fsp3) is 0.429. The van der Waals surface area contributed by atoms with E-state index in [1.54, 1.807) is 7.11 Å². The Balaban J connectivity index is 2.85. The lowest BCUT2D eigenvalue weighted by Gasteiger charge is -2.14. The predicted molar refractivity (Wildman–Crippen MR) is 68.5 cm³/mol. The van der Waals surface area contributed by atoms with Gasteiger partial charge < -0.3 is 14.2 Å². The van der Waals surface area contributed by atoms with Crippen molar-refractivity contribution < 1.29 is 14.2 Å². The first-order chi connectivity index (χ1) is 8.22. The molecule has 1 aromatic carbocycles. The van der Waals surface area contributed by atoms with Gasteiger partial charge >= 0.3 is 0 Å². The van der Waals surface area contributed by atoms with Crippen molar-refractivity contribution in [3.8, 4) is 11.5 Å². The maximum absolute atomic E-state index is 5.49. The Bertz CT molecular complexity index is 360. The van der Waals surface area contributed by atoms with Crippen LogP contribution in [0.3, 0.4) is 0 Å². The van der Waals surface area contributed by atoms with E-state index in [-0.39, 0.29) is 6.79 Å². The summed E-state index contributed by atoms with van der Waals surface area (Å²) >= 11 is 0. The fourth-order valence-electron chi connectivity index (χ4n) is 1.49. The zero-order chi connectivity index (χ0) is 12.7. The molecule has 94 valence electrons. The normalized spacial score (nSPS) is 11.7. The van der Waals surface area contributed by atoms with Gasteiger partial charge in [-0.1, -0.05) is 26.5 Å². The number of rotatable bonds is 7. The van der Waals surface area contributed by atoms with Crippen LogP contribution in [0.15, 0.2) is 31.0 Å². The lowest BCUT2D eigenvalue weighted by Crippen LogP contribution is -2.01. The first-order valence-electron chi connectivity index (χ1n) is 5.76. The second-order valence-electron chi connectivity index (χ2n) is 3.82. The van der Waals surface area contributed by atoms with Gasteiger partial charge in [0.1, 0.15) is 0 Å². The summed E-state index contributed by atoms with van der Waals surface area (Å²) in [6.07, 6.45) is 2.44. The molecule has 1 aromatic rings. The molecule has 1 atom stereocenters. The summed E-state index contributed by atoms with van der Waals surface area (Å²) < 4.78 is 15.7. The second-order valence-corrected chi connectivity index (χ2v) is 3.82. The van der Waals surface area contributed by atoms with Gasteiger partial charge in [0, 0.05) is 0 Å². The average molecular weight is 236 g/mol. The molecule has 0 amide bonds. The number of hydrogen-bond donors (Lipinski definition) is 0. The van der Waals surface area contributed by atoms with Crippen molar-refractivity contribution in [2.24, 2.45) is 0 Å². The van der Waals surface area contributed by atoms with Crippen LogP contribution in [0.2, 0.25) is 0 Å². The number of methoxy groups -OCH3 is 1. The van der Waals surface area contributed by atoms with Crippen LogP contribution in [0, 0.1) is 0 Å². The average Bonchev–Trinajstić information content (AvgIpc) is 2.38. The largest absolute Gasteiger partial charge is 0.493 e. The summed E-state index contributed by atoms with van der Waals surface area (Å²) in [5.41, 5.74) is 1.24. The van der Waals surface area contributed by atoms with Gasteiger partial charge in [0.15, 0.2) is 11.5 Å². The van der Waals surface area contributed by atoms with E-state index in [9.17, 15) is 0 Å². The van der Waals surface area contributed by atoms with E-state index in [1.165, 1.54) is 11.8 Å². The molecule has 0 bridgehead atoms. The van der Waals surface area contributed by atoms with Crippen LogP contribution in [0.1, 0.15) is 31.7 Å². The summed E-state index contributed by atoms with van der Waals surface area (Å²) in [6, 6.07) is 5.98. The molecule has 0 radical (unpaired) electrons. The van der Waals surface area contributed by atoms with Crippen molar-refractivity contribution in [2.45, 2.75) is 26.2 Å². The highest BCUT2D eigenvalue weighted by Crippen LogP contribution is 2.31. The van der Waals surface area contributed by atoms with Gasteiger partial charge in [-0.2, -0.15) is 0 Å². The van der Waals surface area contributed by atoms with Crippen molar-refractivity contribution in [3.63, 3.8) is 0 Å². The third kappa shape index (κ3) is 3.70. The minimum Gasteiger partial charge on any atom is -0.493 e. The third-order valence-corrected chi connectivity index (χ3v) is 2.77. The number of hydrogen-bond acceptors (Lipinski definition) is 3. The van der Waals surface area contributed by atoms with Crippen molar-refractivity contribution in [2.75, 3.05) is 13.9 Å². The van der Waals surface area contributed by atoms with E-state index < -0.39 is 0 Å². The molecule has 0 saturated heterocycles. The molecule has 0 aliphatic heterocycles. The van der Waals surface area contributed by atoms with Crippen LogP contribution in [0.25, 0.3) is 0 Å². The standard InChI is InChI=1S/C14H20O3/c1-5-11(3)12-7-8-13(15-4)14(9-12)17-10-16-6-2/h6-9,11H,2,5,10H2,1,3-4H3. The van der Waals surface area contributed by atoms with E-state index in [4.69, 9.17) is 14.2 Å². The van der Waals surface area contributed by atoms with Gasteiger partial charge in [0.2, 0.25) is 6.79 Å². The minimum absolute atomic E-state index is 0.143. The Morgan fingerprint density at radius 3 is 2.71 bits per heavy atom. The Kier molecular flexibility index (Phi) is 5.40. The molecular weight excluding hydrogens is 216 g/mol. The summed E-state index contributed by atoms with van der Waals surface area (Å²) in [5, 5.41) is 0. The quantitative estimate of drug-likeness (QED) is 0.410. The minimum atomic E-state index is 0.143. The van der Waals surface area contributed by atoms with Gasteiger partial charge in [-0.25, -0.2) is 0 Å². The summed E-state index contributed by atoms with van der Waals surface area (Å²) in [4.78, 5) is 0. The zero-order valence-corrected chi connectivity index (χ0v) is 10.7. The van der Waals surface area contributed by atoms with Crippen LogP contribution in [0.4, 0.5) is 0 Å². The maximum Gasteiger partial charge on any atom is 0.230 e. The SMILES string of the molecule is C=COCOc1cc(C(C)CC)ccc1OC. The lowest BCUT2D eigenvalue weighted by molar-refractivity contribution is 0.0780. The highest BCUT2D eigenvalue weighted by atomic mass is 16.7. The van der Waals surface area contributed by atoms with E-state index in [0.29, 0.717) is 17.4 Å². The lowest BCUT2D eigenvalue weighted by atomic mass is 9.98. The predicted octanol–water partition coefficient (Wildman–Crippen LogP) is 3.71. The summed E-state index contributed by atoms with van der Waals surface area (Å²) in [6.45, 7) is 7.95. The van der Waals surface area contributed by atoms with Crippen LogP contribution < -0.4 is 9.47 Å². The van der Waals surface area contributed by atoms with Crippen LogP contribution in [-0.2, 0) is 4.74 Å². The molecule has 17 heavy (non-hydrogen) atoms. The molecule has 0 spiro atoms. The number of benzene rings is 1. The Labute approximate surface area is 103 Å². The van der Waals surface area contributed by atoms with E-state index in [0.717, 1.165) is 6.42 Å². The highest BCUT2D eigenvalue weighted by molar-refractivity contribution is 5.43. The molecule has 3 nitrogen and oxygen atoms in total. The van der Waals surface area contributed by atoms with E-state index >= 15 is 0 Å². The molecular formula is C14H20O3. The molecule has 0 fully saturated rings. The van der Waals surface area contributed by atoms with Crippen LogP contribution in [-0.4, -0.2) is 13.9 Å². The highest BCUT2D eigenvalue weighted by Gasteiger charge is 2.09. The molecule has 3 heteroatoms. The van der Waals surface area contributed by atoms with Crippen LogP contribution in [0.5, 0.6) is 11.5 Å². The third-order valence-electron chi connectivity index (χ3n) is 2.77. The van der Waals surface area contributed by atoms with Gasteiger partial charge in [0.25, 0.3) is 0 Å². The van der Waals surface area contributed by atoms with Crippen LogP contribution >= 0.6 is 0 Å². The summed E-state index contributed by atoms with van der Waals surface area (Å²) in [5.74, 6) is 1.92. The molecule has 0 saturated carbocycles. The smallest absolute Gasteiger partial charge is 0.230 e. The van der Waals surface area contributed by atoms with Crippen molar-refractivity contribution >= 4 is 0 Å². The first kappa shape index (κ1) is 13.4. The molecule has 0 heterocycles. The topological polar surface area (TPSA) is 27.7 Å². The van der Waals surface area contributed by atoms with Gasteiger partial charge in [-0.05, 0) is 30.0 Å². The molecule has 0 N–H and O–H groups in total. The number of ether oxygens (including phenoxy) is 3. The fourth-order valence-corrected chi connectivity index (χ4v) is 1.49. The maximum atomic E-state index is 5.49. The molecule has 1 unspecified atom stereocenters. The summed E-state index contributed by atoms with van der Waals surface area (Å²) in [7, 11) is 1.62. The van der Waals surface area contributed by atoms with Gasteiger partial charge in [0.05, 0.1) is 13.4 Å². The Hall–Kier alpha value is -1.64. The molecule has 0 aliphatic rings. The van der Waals surface area contributed by atoms with E-state index in [1.807, 2.05) is 12.1 Å². The monoisotopic (exact) mass is 236 g/mol.